The second-order valence-corrected chi connectivity index (χ2v) is 8.03. The zero-order chi connectivity index (χ0) is 19.3. The number of piperidine rings is 1. The quantitative estimate of drug-likeness (QED) is 0.803. The summed E-state index contributed by atoms with van der Waals surface area (Å²) in [6.45, 7) is 3.78. The Bertz CT molecular complexity index is 798. The Morgan fingerprint density at radius 1 is 1.26 bits per heavy atom. The molecule has 27 heavy (non-hydrogen) atoms. The van der Waals surface area contributed by atoms with E-state index in [4.69, 9.17) is 16.3 Å². The van der Waals surface area contributed by atoms with Crippen molar-refractivity contribution in [2.45, 2.75) is 29.2 Å². The van der Waals surface area contributed by atoms with Crippen molar-refractivity contribution in [3.05, 3.63) is 40.0 Å². The minimum absolute atomic E-state index is 0.179. The van der Waals surface area contributed by atoms with Crippen LogP contribution in [-0.2, 0) is 4.74 Å². The lowest BCUT2D eigenvalue weighted by molar-refractivity contribution is 0.133. The third-order valence-electron chi connectivity index (χ3n) is 5.03. The number of anilines is 1. The molecule has 2 fully saturated rings. The first-order chi connectivity index (χ1) is 13.2. The molecule has 4 rings (SSSR count). The van der Waals surface area contributed by atoms with Gasteiger partial charge < -0.3 is 20.4 Å². The fourth-order valence-corrected chi connectivity index (χ4v) is 4.40. The number of halogens is 1. The molecule has 2 aromatic rings. The standard InChI is InChI=1S/C17H19ClN4O2S.CH5N/c18-15-12(1-5-19-16(15)23)25-14-10-20-13(9-21-14)22-6-2-17(3-7-22)4-8-24-11-17;1-2/h1,5,9-10H,2-4,6-8,11H2,(H,19,23);2H2,1H3. The van der Waals surface area contributed by atoms with E-state index in [2.05, 4.69) is 25.6 Å². The number of hydrogen-bond acceptors (Lipinski definition) is 7. The van der Waals surface area contributed by atoms with Crippen molar-refractivity contribution in [3.8, 4) is 0 Å². The first-order valence-corrected chi connectivity index (χ1v) is 10.1. The van der Waals surface area contributed by atoms with Crippen LogP contribution in [0.2, 0.25) is 5.02 Å². The molecule has 2 aliphatic heterocycles. The molecule has 7 nitrogen and oxygen atoms in total. The van der Waals surface area contributed by atoms with Gasteiger partial charge in [0.1, 0.15) is 15.9 Å². The number of hydrogen-bond donors (Lipinski definition) is 2. The molecule has 0 unspecified atom stereocenters. The average molecular weight is 410 g/mol. The van der Waals surface area contributed by atoms with Crippen LogP contribution in [0.5, 0.6) is 0 Å². The summed E-state index contributed by atoms with van der Waals surface area (Å²) >= 11 is 7.36. The molecule has 0 saturated carbocycles. The maximum absolute atomic E-state index is 11.5. The molecule has 0 radical (unpaired) electrons. The van der Waals surface area contributed by atoms with E-state index in [9.17, 15) is 4.79 Å². The van der Waals surface area contributed by atoms with Gasteiger partial charge in [-0.15, -0.1) is 0 Å². The molecule has 0 aliphatic carbocycles. The molecule has 0 amide bonds. The van der Waals surface area contributed by atoms with Crippen molar-refractivity contribution < 1.29 is 4.74 Å². The topological polar surface area (TPSA) is 97.1 Å². The second kappa shape index (κ2) is 9.05. The Hall–Kier alpha value is -1.61. The highest BCUT2D eigenvalue weighted by Crippen LogP contribution is 2.40. The van der Waals surface area contributed by atoms with Crippen LogP contribution in [-0.4, -0.2) is 48.3 Å². The summed E-state index contributed by atoms with van der Waals surface area (Å²) in [6, 6.07) is 1.76. The molecule has 0 bridgehead atoms. The molecule has 146 valence electrons. The molecule has 0 aromatic carbocycles. The van der Waals surface area contributed by atoms with Crippen LogP contribution >= 0.6 is 23.4 Å². The highest BCUT2D eigenvalue weighted by Gasteiger charge is 2.38. The summed E-state index contributed by atoms with van der Waals surface area (Å²) in [5.41, 5.74) is 4.59. The summed E-state index contributed by atoms with van der Waals surface area (Å²) in [6.07, 6.45) is 8.59. The maximum Gasteiger partial charge on any atom is 0.267 e. The van der Waals surface area contributed by atoms with Gasteiger partial charge in [0.25, 0.3) is 5.56 Å². The summed E-state index contributed by atoms with van der Waals surface area (Å²) in [5.74, 6) is 0.898. The lowest BCUT2D eigenvalue weighted by Gasteiger charge is -2.38. The molecular formula is C18H24ClN5O2S. The maximum atomic E-state index is 11.5. The Morgan fingerprint density at radius 3 is 2.67 bits per heavy atom. The first kappa shape index (κ1) is 20.1. The van der Waals surface area contributed by atoms with E-state index in [0.29, 0.717) is 15.3 Å². The Balaban J connectivity index is 0.00000102. The van der Waals surface area contributed by atoms with Gasteiger partial charge in [-0.3, -0.25) is 4.79 Å². The van der Waals surface area contributed by atoms with Crippen molar-refractivity contribution in [2.24, 2.45) is 11.1 Å². The molecule has 3 N–H and O–H groups in total. The largest absolute Gasteiger partial charge is 0.381 e. The number of aromatic amines is 1. The summed E-state index contributed by atoms with van der Waals surface area (Å²) in [7, 11) is 1.50. The van der Waals surface area contributed by atoms with Crippen LogP contribution in [0.25, 0.3) is 0 Å². The Kier molecular flexibility index (Phi) is 6.75. The molecule has 2 saturated heterocycles. The molecule has 9 heteroatoms. The minimum Gasteiger partial charge on any atom is -0.381 e. The number of nitrogens with zero attached hydrogens (tertiary/aromatic N) is 3. The third kappa shape index (κ3) is 4.63. The van der Waals surface area contributed by atoms with Crippen molar-refractivity contribution in [2.75, 3.05) is 38.3 Å². The monoisotopic (exact) mass is 409 g/mol. The number of H-pyrrole nitrogens is 1. The van der Waals surface area contributed by atoms with Crippen LogP contribution in [0.3, 0.4) is 0 Å². The number of ether oxygens (including phenoxy) is 1. The van der Waals surface area contributed by atoms with Crippen LogP contribution in [0.1, 0.15) is 19.3 Å². The third-order valence-corrected chi connectivity index (χ3v) is 6.49. The van der Waals surface area contributed by atoms with E-state index < -0.39 is 0 Å². The molecular weight excluding hydrogens is 386 g/mol. The smallest absolute Gasteiger partial charge is 0.267 e. The van der Waals surface area contributed by atoms with E-state index in [1.807, 2.05) is 0 Å². The lowest BCUT2D eigenvalue weighted by atomic mass is 9.78. The molecule has 4 heterocycles. The first-order valence-electron chi connectivity index (χ1n) is 8.93. The zero-order valence-corrected chi connectivity index (χ0v) is 16.9. The van der Waals surface area contributed by atoms with Crippen molar-refractivity contribution in [1.29, 1.82) is 0 Å². The number of nitrogens with one attached hydrogen (secondary N) is 1. The second-order valence-electron chi connectivity index (χ2n) is 6.59. The average Bonchev–Trinajstić information content (AvgIpc) is 3.16. The van der Waals surface area contributed by atoms with Crippen molar-refractivity contribution in [1.82, 2.24) is 15.0 Å². The van der Waals surface area contributed by atoms with Gasteiger partial charge >= 0.3 is 0 Å². The predicted molar refractivity (Wildman–Crippen MR) is 108 cm³/mol. The van der Waals surface area contributed by atoms with E-state index >= 15 is 0 Å². The zero-order valence-electron chi connectivity index (χ0n) is 15.3. The van der Waals surface area contributed by atoms with Crippen LogP contribution in [0, 0.1) is 5.41 Å². The Morgan fingerprint density at radius 2 is 2.04 bits per heavy atom. The van der Waals surface area contributed by atoms with Gasteiger partial charge in [0.05, 0.1) is 19.0 Å². The van der Waals surface area contributed by atoms with Crippen molar-refractivity contribution >= 4 is 29.2 Å². The Labute approximate surface area is 167 Å². The summed E-state index contributed by atoms with van der Waals surface area (Å²) in [5, 5.41) is 0.896. The lowest BCUT2D eigenvalue weighted by Crippen LogP contribution is -2.40. The number of rotatable bonds is 3. The van der Waals surface area contributed by atoms with E-state index in [1.54, 1.807) is 24.7 Å². The number of nitrogens with two attached hydrogens (primary N) is 1. The molecule has 2 aromatic heterocycles. The highest BCUT2D eigenvalue weighted by atomic mass is 35.5. The van der Waals surface area contributed by atoms with Gasteiger partial charge in [-0.1, -0.05) is 23.4 Å². The summed E-state index contributed by atoms with van der Waals surface area (Å²) in [4.78, 5) is 26.1. The van der Waals surface area contributed by atoms with E-state index in [1.165, 1.54) is 25.2 Å². The molecule has 1 spiro atoms. The fourth-order valence-electron chi connectivity index (χ4n) is 3.41. The fraction of sp³-hybridized carbons (Fsp3) is 0.500. The van der Waals surface area contributed by atoms with Crippen LogP contribution in [0.15, 0.2) is 39.4 Å². The van der Waals surface area contributed by atoms with Gasteiger partial charge in [-0.2, -0.15) is 0 Å². The highest BCUT2D eigenvalue weighted by molar-refractivity contribution is 7.99. The normalized spacial score (nSPS) is 18.3. The molecule has 0 atom stereocenters. The number of aromatic nitrogens is 3. The molecule has 2 aliphatic rings. The van der Waals surface area contributed by atoms with Gasteiger partial charge in [0, 0.05) is 30.8 Å². The minimum atomic E-state index is -0.297. The van der Waals surface area contributed by atoms with Gasteiger partial charge in [-0.25, -0.2) is 9.97 Å². The van der Waals surface area contributed by atoms with Crippen LogP contribution in [0.4, 0.5) is 5.82 Å². The van der Waals surface area contributed by atoms with E-state index in [0.717, 1.165) is 45.0 Å². The van der Waals surface area contributed by atoms with Gasteiger partial charge in [-0.05, 0) is 37.8 Å². The van der Waals surface area contributed by atoms with Gasteiger partial charge in [0.2, 0.25) is 0 Å². The predicted octanol–water partition coefficient (Wildman–Crippen LogP) is 2.55. The number of pyridine rings is 1. The van der Waals surface area contributed by atoms with Crippen LogP contribution < -0.4 is 16.2 Å². The van der Waals surface area contributed by atoms with Gasteiger partial charge in [0.15, 0.2) is 0 Å². The summed E-state index contributed by atoms with van der Waals surface area (Å²) < 4.78 is 5.58. The van der Waals surface area contributed by atoms with Crippen molar-refractivity contribution in [3.63, 3.8) is 0 Å². The SMILES string of the molecule is CN.O=c1[nH]ccc(Sc2cnc(N3CCC4(CCOC4)CC3)cn2)c1Cl. The van der Waals surface area contributed by atoms with E-state index in [-0.39, 0.29) is 10.6 Å².